The molecule has 0 aromatic rings. The number of nitrogens with zero attached hydrogens (tertiary/aromatic N) is 1. The number of guanidine groups is 1. The highest BCUT2D eigenvalue weighted by Gasteiger charge is 2.36. The molecule has 2 fully saturated rings. The zero-order chi connectivity index (χ0) is 16.4. The van der Waals surface area contributed by atoms with Crippen LogP contribution in [0.4, 0.5) is 0 Å². The number of hydrogen-bond acceptors (Lipinski definition) is 4. The van der Waals surface area contributed by atoms with Gasteiger partial charge >= 0.3 is 0 Å². The lowest BCUT2D eigenvalue weighted by atomic mass is 9.67. The molecule has 1 aliphatic heterocycles. The third-order valence-corrected chi connectivity index (χ3v) is 4.96. The van der Waals surface area contributed by atoms with Crippen molar-refractivity contribution in [1.29, 1.82) is 0 Å². The summed E-state index contributed by atoms with van der Waals surface area (Å²) in [5.41, 5.74) is 0.402. The van der Waals surface area contributed by atoms with Gasteiger partial charge in [0, 0.05) is 47.1 Å². The van der Waals surface area contributed by atoms with Crippen LogP contribution in [0.25, 0.3) is 0 Å². The van der Waals surface area contributed by atoms with Gasteiger partial charge in [0.05, 0.1) is 12.7 Å². The summed E-state index contributed by atoms with van der Waals surface area (Å²) in [5.74, 6) is 0.887. The molecule has 0 spiro atoms. The molecule has 1 saturated heterocycles. The van der Waals surface area contributed by atoms with Crippen molar-refractivity contribution in [3.8, 4) is 0 Å². The van der Waals surface area contributed by atoms with Gasteiger partial charge < -0.3 is 24.8 Å². The molecule has 0 amide bonds. The highest BCUT2D eigenvalue weighted by Crippen LogP contribution is 2.43. The van der Waals surface area contributed by atoms with Crippen LogP contribution in [0.3, 0.4) is 0 Å². The number of aliphatic imine (C=N–C) groups is 1. The van der Waals surface area contributed by atoms with E-state index >= 15 is 0 Å². The predicted octanol–water partition coefficient (Wildman–Crippen LogP) is 2.17. The number of hydrogen-bond donors (Lipinski definition) is 2. The monoisotopic (exact) mass is 455 g/mol. The van der Waals surface area contributed by atoms with E-state index in [2.05, 4.69) is 15.6 Å². The second-order valence-electron chi connectivity index (χ2n) is 6.66. The molecule has 1 atom stereocenters. The Morgan fingerprint density at radius 1 is 1.29 bits per heavy atom. The third-order valence-electron chi connectivity index (χ3n) is 4.96. The van der Waals surface area contributed by atoms with Crippen molar-refractivity contribution in [2.24, 2.45) is 10.4 Å². The van der Waals surface area contributed by atoms with Crippen LogP contribution in [0, 0.1) is 5.41 Å². The average molecular weight is 455 g/mol. The molecule has 0 bridgehead atoms. The molecule has 7 heteroatoms. The van der Waals surface area contributed by atoms with Crippen LogP contribution in [-0.4, -0.2) is 65.7 Å². The second-order valence-corrected chi connectivity index (χ2v) is 6.66. The van der Waals surface area contributed by atoms with Gasteiger partial charge in [-0.25, -0.2) is 0 Å². The Morgan fingerprint density at radius 3 is 2.71 bits per heavy atom. The maximum Gasteiger partial charge on any atom is 0.190 e. The average Bonchev–Trinajstić information content (AvgIpc) is 3.04. The number of rotatable bonds is 10. The van der Waals surface area contributed by atoms with Crippen LogP contribution in [0.1, 0.15) is 38.5 Å². The Kier molecular flexibility index (Phi) is 11.2. The lowest BCUT2D eigenvalue weighted by molar-refractivity contribution is 0.0419. The molecule has 1 aliphatic carbocycles. The van der Waals surface area contributed by atoms with Crippen LogP contribution >= 0.6 is 24.0 Å². The molecule has 1 unspecified atom stereocenters. The molecule has 0 aromatic carbocycles. The maximum absolute atomic E-state index is 5.76. The minimum Gasteiger partial charge on any atom is -0.385 e. The van der Waals surface area contributed by atoms with Gasteiger partial charge in [-0.15, -0.1) is 24.0 Å². The molecule has 6 nitrogen and oxygen atoms in total. The fraction of sp³-hybridized carbons (Fsp3) is 0.941. The van der Waals surface area contributed by atoms with Crippen LogP contribution in [-0.2, 0) is 14.2 Å². The first kappa shape index (κ1) is 21.9. The molecular weight excluding hydrogens is 421 g/mol. The third kappa shape index (κ3) is 7.41. The fourth-order valence-corrected chi connectivity index (χ4v) is 3.18. The van der Waals surface area contributed by atoms with Gasteiger partial charge in [-0.2, -0.15) is 0 Å². The Morgan fingerprint density at radius 2 is 2.12 bits per heavy atom. The number of ether oxygens (including phenoxy) is 3. The number of nitrogens with one attached hydrogen (secondary N) is 2. The van der Waals surface area contributed by atoms with E-state index in [1.807, 2.05) is 7.05 Å². The van der Waals surface area contributed by atoms with E-state index in [9.17, 15) is 0 Å². The summed E-state index contributed by atoms with van der Waals surface area (Å²) in [6, 6.07) is 0. The zero-order valence-electron chi connectivity index (χ0n) is 15.1. The Labute approximate surface area is 163 Å². The summed E-state index contributed by atoms with van der Waals surface area (Å²) in [5, 5.41) is 6.84. The summed E-state index contributed by atoms with van der Waals surface area (Å²) in [6.45, 7) is 5.06. The second kappa shape index (κ2) is 12.3. The Hall–Kier alpha value is -0.120. The van der Waals surface area contributed by atoms with Crippen molar-refractivity contribution < 1.29 is 14.2 Å². The minimum absolute atomic E-state index is 0. The summed E-state index contributed by atoms with van der Waals surface area (Å²) in [4.78, 5) is 4.31. The molecule has 0 radical (unpaired) electrons. The van der Waals surface area contributed by atoms with Gasteiger partial charge in [-0.05, 0) is 37.5 Å². The minimum atomic E-state index is 0. The van der Waals surface area contributed by atoms with Gasteiger partial charge in [-0.3, -0.25) is 4.99 Å². The van der Waals surface area contributed by atoms with Gasteiger partial charge in [0.25, 0.3) is 0 Å². The molecule has 2 N–H and O–H groups in total. The van der Waals surface area contributed by atoms with Gasteiger partial charge in [0.2, 0.25) is 0 Å². The van der Waals surface area contributed by atoms with Crippen molar-refractivity contribution in [2.45, 2.75) is 44.6 Å². The summed E-state index contributed by atoms with van der Waals surface area (Å²) in [6.07, 6.45) is 7.35. The van der Waals surface area contributed by atoms with Crippen molar-refractivity contribution in [3.63, 3.8) is 0 Å². The number of methoxy groups -OCH3 is 1. The highest BCUT2D eigenvalue weighted by atomic mass is 127. The Balaban J connectivity index is 0.00000288. The van der Waals surface area contributed by atoms with E-state index in [1.165, 1.54) is 19.3 Å². The van der Waals surface area contributed by atoms with E-state index < -0.39 is 0 Å². The molecule has 1 saturated carbocycles. The summed E-state index contributed by atoms with van der Waals surface area (Å²) >= 11 is 0. The maximum atomic E-state index is 5.76. The molecule has 2 aliphatic rings. The normalized spacial score (nSPS) is 22.6. The van der Waals surface area contributed by atoms with Gasteiger partial charge in [0.15, 0.2) is 5.96 Å². The first-order chi connectivity index (χ1) is 11.3. The van der Waals surface area contributed by atoms with Crippen LogP contribution in [0.2, 0.25) is 0 Å². The smallest absolute Gasteiger partial charge is 0.190 e. The largest absolute Gasteiger partial charge is 0.385 e. The molecule has 1 heterocycles. The van der Waals surface area contributed by atoms with E-state index in [-0.39, 0.29) is 24.0 Å². The molecule has 2 rings (SSSR count). The SMILES string of the molecule is CN=C(NCCCOC1CCOC1)NCC1(CCOC)CCC1.I. The first-order valence-electron chi connectivity index (χ1n) is 8.91. The fourth-order valence-electron chi connectivity index (χ4n) is 3.18. The topological polar surface area (TPSA) is 64.1 Å². The van der Waals surface area contributed by atoms with E-state index in [1.54, 1.807) is 7.11 Å². The molecule has 0 aromatic heterocycles. The predicted molar refractivity (Wildman–Crippen MR) is 107 cm³/mol. The van der Waals surface area contributed by atoms with Crippen molar-refractivity contribution in [3.05, 3.63) is 0 Å². The van der Waals surface area contributed by atoms with Crippen molar-refractivity contribution in [1.82, 2.24) is 10.6 Å². The molecule has 142 valence electrons. The highest BCUT2D eigenvalue weighted by molar-refractivity contribution is 14.0. The standard InChI is InChI=1S/C17H33N3O3.HI/c1-18-16(19-9-4-10-23-15-5-11-22-13-15)20-14-17(6-3-7-17)8-12-21-2;/h15H,3-14H2,1-2H3,(H2,18,19,20);1H. The lowest BCUT2D eigenvalue weighted by Gasteiger charge is -2.42. The Bertz CT molecular complexity index is 359. The summed E-state index contributed by atoms with van der Waals surface area (Å²) < 4.78 is 16.3. The van der Waals surface area contributed by atoms with Gasteiger partial charge in [0.1, 0.15) is 0 Å². The van der Waals surface area contributed by atoms with E-state index in [4.69, 9.17) is 14.2 Å². The van der Waals surface area contributed by atoms with Crippen molar-refractivity contribution >= 4 is 29.9 Å². The van der Waals surface area contributed by atoms with Crippen LogP contribution in [0.5, 0.6) is 0 Å². The van der Waals surface area contributed by atoms with E-state index in [0.717, 1.165) is 64.7 Å². The number of halogens is 1. The zero-order valence-corrected chi connectivity index (χ0v) is 17.5. The summed E-state index contributed by atoms with van der Waals surface area (Å²) in [7, 11) is 3.60. The lowest BCUT2D eigenvalue weighted by Crippen LogP contribution is -2.47. The van der Waals surface area contributed by atoms with Gasteiger partial charge in [-0.1, -0.05) is 6.42 Å². The van der Waals surface area contributed by atoms with Crippen LogP contribution in [0.15, 0.2) is 4.99 Å². The molecular formula is C17H34IN3O3. The first-order valence-corrected chi connectivity index (χ1v) is 8.91. The van der Waals surface area contributed by atoms with Crippen LogP contribution < -0.4 is 10.6 Å². The van der Waals surface area contributed by atoms with E-state index in [0.29, 0.717) is 11.5 Å². The quantitative estimate of drug-likeness (QED) is 0.229. The molecule has 24 heavy (non-hydrogen) atoms. The van der Waals surface area contributed by atoms with Crippen molar-refractivity contribution in [2.75, 3.05) is 53.7 Å².